The smallest absolute Gasteiger partial charge is 0.0682 e. The second-order valence-electron chi connectivity index (χ2n) is 12.7. The molecule has 0 saturated heterocycles. The lowest BCUT2D eigenvalue weighted by molar-refractivity contribution is -0.0461. The normalized spacial score (nSPS) is 47.6. The molecule has 2 nitrogen and oxygen atoms in total. The Hall–Kier alpha value is -0.340. The van der Waals surface area contributed by atoms with Crippen LogP contribution in [-0.2, 0) is 0 Å². The van der Waals surface area contributed by atoms with Crippen LogP contribution in [0.5, 0.6) is 0 Å². The van der Waals surface area contributed by atoms with Crippen LogP contribution in [0, 0.1) is 40.9 Å². The zero-order valence-electron chi connectivity index (χ0n) is 19.8. The minimum atomic E-state index is -0.417. The van der Waals surface area contributed by atoms with Crippen molar-refractivity contribution in [2.24, 2.45) is 40.9 Å². The number of hydrogen-bond donors (Lipinski definition) is 2. The molecule has 8 atom stereocenters. The van der Waals surface area contributed by atoms with Crippen LogP contribution < -0.4 is 0 Å². The fourth-order valence-electron chi connectivity index (χ4n) is 8.99. The Morgan fingerprint density at radius 1 is 1.00 bits per heavy atom. The predicted octanol–water partition coefficient (Wildman–Crippen LogP) is 6.65. The minimum Gasteiger partial charge on any atom is -0.390 e. The molecule has 5 aliphatic rings. The van der Waals surface area contributed by atoms with Crippen LogP contribution in [0.4, 0.5) is 0 Å². The molecule has 0 spiro atoms. The third kappa shape index (κ3) is 3.62. The van der Waals surface area contributed by atoms with Gasteiger partial charge in [0, 0.05) is 0 Å². The number of rotatable bonds is 6. The predicted molar refractivity (Wildman–Crippen MR) is 123 cm³/mol. The molecule has 30 heavy (non-hydrogen) atoms. The first kappa shape index (κ1) is 21.5. The van der Waals surface area contributed by atoms with Gasteiger partial charge in [-0.1, -0.05) is 45.3 Å². The molecule has 2 N–H and O–H groups in total. The Balaban J connectivity index is 1.26. The van der Waals surface area contributed by atoms with Gasteiger partial charge in [0.15, 0.2) is 0 Å². The van der Waals surface area contributed by atoms with Gasteiger partial charge in [0.25, 0.3) is 0 Å². The average molecular weight is 415 g/mol. The fraction of sp³-hybridized carbons (Fsp3) is 0.929. The van der Waals surface area contributed by atoms with Crippen molar-refractivity contribution in [1.82, 2.24) is 0 Å². The highest BCUT2D eigenvalue weighted by Crippen LogP contribution is 2.65. The van der Waals surface area contributed by atoms with E-state index in [9.17, 15) is 10.2 Å². The van der Waals surface area contributed by atoms with Crippen LogP contribution in [0.25, 0.3) is 0 Å². The molecular weight excluding hydrogens is 368 g/mol. The molecule has 5 aliphatic carbocycles. The van der Waals surface area contributed by atoms with E-state index in [4.69, 9.17) is 0 Å². The highest BCUT2D eigenvalue weighted by molar-refractivity contribution is 5.22. The van der Waals surface area contributed by atoms with Crippen LogP contribution in [0.15, 0.2) is 11.6 Å². The van der Waals surface area contributed by atoms with Crippen molar-refractivity contribution in [3.63, 3.8) is 0 Å². The van der Waals surface area contributed by atoms with Gasteiger partial charge in [-0.3, -0.25) is 0 Å². The topological polar surface area (TPSA) is 40.5 Å². The van der Waals surface area contributed by atoms with Gasteiger partial charge < -0.3 is 10.2 Å². The van der Waals surface area contributed by atoms with Crippen molar-refractivity contribution >= 4 is 0 Å². The van der Waals surface area contributed by atoms with Crippen molar-refractivity contribution in [3.05, 3.63) is 11.6 Å². The van der Waals surface area contributed by atoms with Crippen LogP contribution in [0.1, 0.15) is 111 Å². The number of allylic oxidation sites excluding steroid dienone is 1. The van der Waals surface area contributed by atoms with Crippen molar-refractivity contribution in [2.45, 2.75) is 122 Å². The van der Waals surface area contributed by atoms with Crippen molar-refractivity contribution in [1.29, 1.82) is 0 Å². The van der Waals surface area contributed by atoms with E-state index >= 15 is 0 Å². The zero-order chi connectivity index (χ0) is 21.1. The summed E-state index contributed by atoms with van der Waals surface area (Å²) in [6.45, 7) is 7.34. The Morgan fingerprint density at radius 2 is 1.80 bits per heavy atom. The molecule has 2 heteroatoms. The molecule has 0 bridgehead atoms. The Bertz CT molecular complexity index is 678. The standard InChI is InChI=1S/C28H46O2/c1-4-27(29)15-12-21-20(18-27)7-8-23-22(21)11-14-26(3)24(9-10-25(23)26)19(2)6-5-13-28(30)16-17-28/h7,19,21-25,29-30H,4-6,8-18H2,1-3H3/t19-,21+,22-,23-,24-,25+,26-,27+/m1/s1. The van der Waals surface area contributed by atoms with Crippen molar-refractivity contribution in [2.75, 3.05) is 0 Å². The quantitative estimate of drug-likeness (QED) is 0.478. The van der Waals surface area contributed by atoms with Gasteiger partial charge >= 0.3 is 0 Å². The molecule has 170 valence electrons. The monoisotopic (exact) mass is 414 g/mol. The molecule has 0 amide bonds. The maximum absolute atomic E-state index is 10.9. The van der Waals surface area contributed by atoms with E-state index in [1.807, 2.05) is 0 Å². The second kappa shape index (κ2) is 7.62. The Morgan fingerprint density at radius 3 is 2.53 bits per heavy atom. The van der Waals surface area contributed by atoms with Gasteiger partial charge in [-0.15, -0.1) is 0 Å². The third-order valence-electron chi connectivity index (χ3n) is 11.1. The summed E-state index contributed by atoms with van der Waals surface area (Å²) in [4.78, 5) is 0. The van der Waals surface area contributed by atoms with E-state index in [-0.39, 0.29) is 5.60 Å². The van der Waals surface area contributed by atoms with Gasteiger partial charge in [-0.25, -0.2) is 0 Å². The fourth-order valence-corrected chi connectivity index (χ4v) is 8.99. The van der Waals surface area contributed by atoms with Crippen LogP contribution in [0.2, 0.25) is 0 Å². The molecule has 0 heterocycles. The maximum atomic E-state index is 10.9. The summed E-state index contributed by atoms with van der Waals surface area (Å²) in [5, 5.41) is 21.1. The second-order valence-corrected chi connectivity index (χ2v) is 12.7. The van der Waals surface area contributed by atoms with Crippen LogP contribution in [-0.4, -0.2) is 21.4 Å². The summed E-state index contributed by atoms with van der Waals surface area (Å²) in [7, 11) is 0. The highest BCUT2D eigenvalue weighted by Gasteiger charge is 2.57. The summed E-state index contributed by atoms with van der Waals surface area (Å²) in [6.07, 6.45) is 19.4. The summed E-state index contributed by atoms with van der Waals surface area (Å²) in [5.74, 6) is 5.18. The summed E-state index contributed by atoms with van der Waals surface area (Å²) < 4.78 is 0. The largest absolute Gasteiger partial charge is 0.390 e. The molecule has 0 aromatic heterocycles. The van der Waals surface area contributed by atoms with Gasteiger partial charge in [0.05, 0.1) is 11.2 Å². The molecule has 0 unspecified atom stereocenters. The molecule has 0 aromatic rings. The van der Waals surface area contributed by atoms with E-state index in [0.717, 1.165) is 74.0 Å². The lowest BCUT2D eigenvalue weighted by Crippen LogP contribution is -2.48. The molecule has 4 fully saturated rings. The van der Waals surface area contributed by atoms with E-state index in [1.165, 1.54) is 51.4 Å². The van der Waals surface area contributed by atoms with Crippen LogP contribution >= 0.6 is 0 Å². The van der Waals surface area contributed by atoms with Crippen LogP contribution in [0.3, 0.4) is 0 Å². The van der Waals surface area contributed by atoms with Gasteiger partial charge in [0.2, 0.25) is 0 Å². The molecule has 0 aromatic carbocycles. The molecule has 5 rings (SSSR count). The highest BCUT2D eigenvalue weighted by atomic mass is 16.3. The molecule has 0 radical (unpaired) electrons. The van der Waals surface area contributed by atoms with Gasteiger partial charge in [-0.05, 0) is 118 Å². The first-order valence-electron chi connectivity index (χ1n) is 13.4. The molecule has 4 saturated carbocycles. The van der Waals surface area contributed by atoms with E-state index in [0.29, 0.717) is 5.41 Å². The summed E-state index contributed by atoms with van der Waals surface area (Å²) >= 11 is 0. The summed E-state index contributed by atoms with van der Waals surface area (Å²) in [5.41, 5.74) is 1.48. The zero-order valence-corrected chi connectivity index (χ0v) is 19.8. The Labute approximate surface area is 184 Å². The van der Waals surface area contributed by atoms with Crippen molar-refractivity contribution < 1.29 is 10.2 Å². The number of aliphatic hydroxyl groups is 2. The van der Waals surface area contributed by atoms with Crippen molar-refractivity contribution in [3.8, 4) is 0 Å². The van der Waals surface area contributed by atoms with Gasteiger partial charge in [-0.2, -0.15) is 0 Å². The molecule has 0 aliphatic heterocycles. The maximum Gasteiger partial charge on any atom is 0.0682 e. The van der Waals surface area contributed by atoms with E-state index in [2.05, 4.69) is 26.8 Å². The first-order chi connectivity index (χ1) is 14.3. The summed E-state index contributed by atoms with van der Waals surface area (Å²) in [6, 6.07) is 0. The van der Waals surface area contributed by atoms with Gasteiger partial charge in [0.1, 0.15) is 0 Å². The number of hydrogen-bond acceptors (Lipinski definition) is 2. The lowest BCUT2D eigenvalue weighted by Gasteiger charge is -2.55. The SMILES string of the molecule is CC[C@]1(O)CC[C@H]2C(=CC[C@@H]3[C@@H]2CC[C@]2(C)[C@@H]([C@H](C)CCCC4(O)CC4)CC[C@@H]32)C1. The average Bonchev–Trinajstić information content (AvgIpc) is 3.34. The lowest BCUT2D eigenvalue weighted by atomic mass is 9.50. The molecular formula is C28H46O2. The van der Waals surface area contributed by atoms with E-state index in [1.54, 1.807) is 5.57 Å². The minimum absolute atomic E-state index is 0.268. The first-order valence-corrected chi connectivity index (χ1v) is 13.4. The third-order valence-corrected chi connectivity index (χ3v) is 11.1. The van der Waals surface area contributed by atoms with E-state index < -0.39 is 5.60 Å². The number of fused-ring (bicyclic) bond motifs is 5. The Kier molecular flexibility index (Phi) is 5.46.